The van der Waals surface area contributed by atoms with Gasteiger partial charge >= 0.3 is 12.4 Å². The van der Waals surface area contributed by atoms with E-state index in [1.807, 2.05) is 0 Å². The number of hydrogen-bond donors (Lipinski definition) is 2. The number of rotatable bonds is 5. The third-order valence-electron chi connectivity index (χ3n) is 3.80. The Labute approximate surface area is 223 Å². The van der Waals surface area contributed by atoms with Crippen molar-refractivity contribution in [2.24, 2.45) is 19.8 Å². The maximum Gasteiger partial charge on any atom is 0.435 e. The summed E-state index contributed by atoms with van der Waals surface area (Å²) in [6, 6.07) is 0. The monoisotopic (exact) mass is 649 g/mol. The molecule has 0 aliphatic heterocycles. The summed E-state index contributed by atoms with van der Waals surface area (Å²) in [4.78, 5) is 3.80. The molecule has 19 heteroatoms. The van der Waals surface area contributed by atoms with Crippen LogP contribution in [0.5, 0.6) is 0 Å². The SMILES string of the molecule is Br.Cn1nc(C(F)(F)F)c(CSC(=N)N)c1Cl.Cn1nc(C(F)(F)F)c(CSc2ncco2)c1Cl. The first kappa shape index (κ1) is 31.5. The molecule has 0 aliphatic rings. The number of aromatic nitrogens is 5. The fourth-order valence-corrected chi connectivity index (χ4v) is 4.29. The molecule has 0 saturated heterocycles. The molecule has 0 amide bonds. The van der Waals surface area contributed by atoms with Crippen LogP contribution in [0, 0.1) is 5.41 Å². The van der Waals surface area contributed by atoms with Gasteiger partial charge in [0.05, 0.1) is 6.20 Å². The van der Waals surface area contributed by atoms with Crippen LogP contribution in [0.4, 0.5) is 26.3 Å². The molecular weight excluding hydrogens is 635 g/mol. The highest BCUT2D eigenvalue weighted by Gasteiger charge is 2.39. The number of nitrogens with two attached hydrogens (primary N) is 1. The Hall–Kier alpha value is -1.56. The number of nitrogens with zero attached hydrogens (tertiary/aromatic N) is 5. The minimum Gasteiger partial charge on any atom is -0.440 e. The van der Waals surface area contributed by atoms with Gasteiger partial charge in [-0.05, 0) is 0 Å². The van der Waals surface area contributed by atoms with Gasteiger partial charge in [0.1, 0.15) is 16.6 Å². The molecule has 0 saturated carbocycles. The fraction of sp³-hybridized carbons (Fsp3) is 0.375. The van der Waals surface area contributed by atoms with Crippen molar-refractivity contribution in [3.63, 3.8) is 0 Å². The first-order chi connectivity index (χ1) is 15.6. The molecule has 8 nitrogen and oxygen atoms in total. The van der Waals surface area contributed by atoms with Crippen molar-refractivity contribution in [1.82, 2.24) is 24.5 Å². The second kappa shape index (κ2) is 12.6. The predicted octanol–water partition coefficient (Wildman–Crippen LogP) is 6.17. The number of amidine groups is 1. The maximum absolute atomic E-state index is 12.7. The van der Waals surface area contributed by atoms with Crippen molar-refractivity contribution in [2.75, 3.05) is 0 Å². The first-order valence-electron chi connectivity index (χ1n) is 8.69. The summed E-state index contributed by atoms with van der Waals surface area (Å²) in [6.45, 7) is 0. The van der Waals surface area contributed by atoms with Gasteiger partial charge in [-0.2, -0.15) is 36.5 Å². The Morgan fingerprint density at radius 3 is 1.83 bits per heavy atom. The van der Waals surface area contributed by atoms with Gasteiger partial charge in [0, 0.05) is 36.7 Å². The molecule has 3 aromatic rings. The van der Waals surface area contributed by atoms with Gasteiger partial charge in [-0.25, -0.2) is 4.98 Å². The van der Waals surface area contributed by atoms with Crippen LogP contribution in [0.1, 0.15) is 22.5 Å². The van der Waals surface area contributed by atoms with Crippen LogP contribution in [0.25, 0.3) is 0 Å². The lowest BCUT2D eigenvalue weighted by atomic mass is 10.3. The second-order valence-electron chi connectivity index (χ2n) is 6.22. The molecule has 0 bridgehead atoms. The number of halogens is 9. The van der Waals surface area contributed by atoms with Crippen LogP contribution in [0.3, 0.4) is 0 Å². The van der Waals surface area contributed by atoms with Crippen LogP contribution in [0.2, 0.25) is 10.3 Å². The molecule has 0 aromatic carbocycles. The quantitative estimate of drug-likeness (QED) is 0.147. The number of oxazole rings is 1. The topological polar surface area (TPSA) is 112 Å². The van der Waals surface area contributed by atoms with E-state index in [2.05, 4.69) is 15.2 Å². The molecule has 196 valence electrons. The molecule has 0 aliphatic carbocycles. The van der Waals surface area contributed by atoms with Gasteiger partial charge in [-0.3, -0.25) is 14.8 Å². The average Bonchev–Trinajstić information content (AvgIpc) is 3.40. The normalized spacial score (nSPS) is 11.6. The summed E-state index contributed by atoms with van der Waals surface area (Å²) in [5.41, 5.74) is 2.81. The van der Waals surface area contributed by atoms with Crippen LogP contribution < -0.4 is 5.73 Å². The van der Waals surface area contributed by atoms with Crippen molar-refractivity contribution in [3.8, 4) is 0 Å². The van der Waals surface area contributed by atoms with Crippen LogP contribution in [0.15, 0.2) is 22.1 Å². The summed E-state index contributed by atoms with van der Waals surface area (Å²) in [5.74, 6) is -0.140. The van der Waals surface area contributed by atoms with Crippen molar-refractivity contribution in [1.29, 1.82) is 5.41 Å². The molecule has 0 atom stereocenters. The maximum atomic E-state index is 12.7. The van der Waals surface area contributed by atoms with E-state index in [1.54, 1.807) is 0 Å². The zero-order valence-electron chi connectivity index (χ0n) is 17.5. The lowest BCUT2D eigenvalue weighted by molar-refractivity contribution is -0.142. The zero-order valence-corrected chi connectivity index (χ0v) is 22.4. The first-order valence-corrected chi connectivity index (χ1v) is 11.4. The number of hydrogen-bond acceptors (Lipinski definition) is 7. The van der Waals surface area contributed by atoms with E-state index in [9.17, 15) is 26.3 Å². The lowest BCUT2D eigenvalue weighted by Gasteiger charge is -2.05. The molecule has 0 unspecified atom stereocenters. The molecule has 3 aromatic heterocycles. The fourth-order valence-electron chi connectivity index (χ4n) is 2.37. The molecule has 3 rings (SSSR count). The molecular formula is C16H16BrCl2F6N7OS2. The average molecular weight is 651 g/mol. The van der Waals surface area contributed by atoms with Crippen LogP contribution in [-0.2, 0) is 38.0 Å². The van der Waals surface area contributed by atoms with E-state index in [0.717, 1.165) is 32.9 Å². The van der Waals surface area contributed by atoms with Crippen LogP contribution >= 0.6 is 63.7 Å². The summed E-state index contributed by atoms with van der Waals surface area (Å²) in [6.07, 6.45) is -6.33. The van der Waals surface area contributed by atoms with E-state index < -0.39 is 23.7 Å². The van der Waals surface area contributed by atoms with E-state index in [1.165, 1.54) is 26.6 Å². The smallest absolute Gasteiger partial charge is 0.435 e. The molecule has 3 heterocycles. The van der Waals surface area contributed by atoms with Crippen LogP contribution in [-0.4, -0.2) is 29.7 Å². The third kappa shape index (κ3) is 8.51. The van der Waals surface area contributed by atoms with E-state index in [4.69, 9.17) is 38.8 Å². The molecule has 35 heavy (non-hydrogen) atoms. The largest absolute Gasteiger partial charge is 0.440 e. The van der Waals surface area contributed by atoms with Gasteiger partial charge in [0.15, 0.2) is 16.6 Å². The zero-order chi connectivity index (χ0) is 25.8. The second-order valence-corrected chi connectivity index (χ2v) is 8.88. The summed E-state index contributed by atoms with van der Waals surface area (Å²) in [5, 5.41) is 13.5. The number of nitrogens with one attached hydrogen (secondary N) is 1. The molecule has 0 radical (unpaired) electrons. The van der Waals surface area contributed by atoms with Crippen molar-refractivity contribution >= 4 is 68.9 Å². The highest BCUT2D eigenvalue weighted by Crippen LogP contribution is 2.37. The van der Waals surface area contributed by atoms with Crippen molar-refractivity contribution in [2.45, 2.75) is 29.1 Å². The van der Waals surface area contributed by atoms with Gasteiger partial charge < -0.3 is 10.2 Å². The minimum absolute atomic E-state index is 0. The Morgan fingerprint density at radius 2 is 1.46 bits per heavy atom. The summed E-state index contributed by atoms with van der Waals surface area (Å²) >= 11 is 13.3. The number of thioether (sulfide) groups is 2. The Kier molecular flexibility index (Phi) is 11.3. The standard InChI is InChI=1S/C9H7ClF3N3OS.C7H8ClF3N4S.BrH/c1-16-7(10)5(6(15-16)9(11,12)13)4-18-8-14-2-3-17-8;1-15-5(8)3(2-16-6(12)13)4(14-15)7(9,10)11;/h2-3H,4H2,1H3;2H2,1H3,(H3,12,13);1H. The van der Waals surface area contributed by atoms with Gasteiger partial charge in [0.25, 0.3) is 5.22 Å². The van der Waals surface area contributed by atoms with E-state index in [-0.39, 0.29) is 60.3 Å². The minimum atomic E-state index is -4.56. The molecule has 0 fully saturated rings. The molecule has 3 N–H and O–H groups in total. The highest BCUT2D eigenvalue weighted by molar-refractivity contribution is 8.93. The Bertz CT molecular complexity index is 1140. The Morgan fingerprint density at radius 1 is 1.00 bits per heavy atom. The summed E-state index contributed by atoms with van der Waals surface area (Å²) < 4.78 is 82.7. The van der Waals surface area contributed by atoms with Gasteiger partial charge in [-0.15, -0.1) is 17.0 Å². The number of alkyl halides is 6. The third-order valence-corrected chi connectivity index (χ3v) is 6.37. The number of aryl methyl sites for hydroxylation is 2. The summed E-state index contributed by atoms with van der Waals surface area (Å²) in [7, 11) is 2.68. The lowest BCUT2D eigenvalue weighted by Crippen LogP contribution is -2.10. The van der Waals surface area contributed by atoms with E-state index in [0.29, 0.717) is 0 Å². The molecule has 0 spiro atoms. The van der Waals surface area contributed by atoms with Gasteiger partial charge in [-0.1, -0.05) is 46.7 Å². The van der Waals surface area contributed by atoms with Crippen molar-refractivity contribution in [3.05, 3.63) is 45.3 Å². The highest BCUT2D eigenvalue weighted by atomic mass is 79.9. The Balaban J connectivity index is 0.000000343. The predicted molar refractivity (Wildman–Crippen MR) is 126 cm³/mol. The van der Waals surface area contributed by atoms with Crippen molar-refractivity contribution < 1.29 is 30.8 Å². The van der Waals surface area contributed by atoms with Gasteiger partial charge in [0.2, 0.25) is 0 Å². The van der Waals surface area contributed by atoms with E-state index >= 15 is 0 Å².